The molecule has 0 unspecified atom stereocenters. The van der Waals surface area contributed by atoms with Crippen molar-refractivity contribution in [1.29, 1.82) is 0 Å². The Kier molecular flexibility index (Phi) is 14.1. The Morgan fingerprint density at radius 1 is 0.791 bits per heavy atom. The maximum absolute atomic E-state index is 10.1. The van der Waals surface area contributed by atoms with Gasteiger partial charge < -0.3 is 15.3 Å². The van der Waals surface area contributed by atoms with Crippen molar-refractivity contribution >= 4 is 0 Å². The predicted octanol–water partition coefficient (Wildman–Crippen LogP) is 9.38. The molecule has 0 saturated heterocycles. The predicted molar refractivity (Wildman–Crippen MR) is 186 cm³/mol. The highest BCUT2D eigenvalue weighted by atomic mass is 16.3. The van der Waals surface area contributed by atoms with Gasteiger partial charge in [-0.05, 0) is 75.9 Å². The third-order valence-corrected chi connectivity index (χ3v) is 8.41. The first-order valence-corrected chi connectivity index (χ1v) is 15.6. The van der Waals surface area contributed by atoms with E-state index in [1.54, 1.807) is 0 Å². The number of allylic oxidation sites excluding steroid dienone is 18. The molecule has 0 spiro atoms. The van der Waals surface area contributed by atoms with Crippen LogP contribution in [0.2, 0.25) is 0 Å². The maximum Gasteiger partial charge on any atom is 0.0729 e. The molecular weight excluding hydrogens is 528 g/mol. The van der Waals surface area contributed by atoms with E-state index in [1.807, 2.05) is 48.6 Å². The van der Waals surface area contributed by atoms with Crippen LogP contribution in [0, 0.1) is 16.7 Å². The lowest BCUT2D eigenvalue weighted by Crippen LogP contribution is -2.32. The van der Waals surface area contributed by atoms with Crippen LogP contribution in [0.15, 0.2) is 130 Å². The van der Waals surface area contributed by atoms with Crippen LogP contribution >= 0.6 is 0 Å². The van der Waals surface area contributed by atoms with Gasteiger partial charge in [0.25, 0.3) is 0 Å². The van der Waals surface area contributed by atoms with E-state index in [2.05, 4.69) is 105 Å². The number of aliphatic hydroxyl groups is 3. The number of hydrogen-bond donors (Lipinski definition) is 3. The smallest absolute Gasteiger partial charge is 0.0729 e. The largest absolute Gasteiger partial charge is 0.393 e. The second-order valence-electron chi connectivity index (χ2n) is 13.7. The van der Waals surface area contributed by atoms with Crippen molar-refractivity contribution in [2.45, 2.75) is 93.8 Å². The minimum Gasteiger partial charge on any atom is -0.393 e. The zero-order valence-corrected chi connectivity index (χ0v) is 28.1. The molecule has 43 heavy (non-hydrogen) atoms. The van der Waals surface area contributed by atoms with Crippen molar-refractivity contribution in [2.24, 2.45) is 16.7 Å². The summed E-state index contributed by atoms with van der Waals surface area (Å²) in [6, 6.07) is 0. The van der Waals surface area contributed by atoms with Gasteiger partial charge in [0.05, 0.1) is 18.8 Å². The molecule has 0 aliphatic heterocycles. The van der Waals surface area contributed by atoms with Crippen LogP contribution in [0.4, 0.5) is 0 Å². The first-order chi connectivity index (χ1) is 20.1. The maximum atomic E-state index is 10.1. The summed E-state index contributed by atoms with van der Waals surface area (Å²) in [7, 11) is 0. The van der Waals surface area contributed by atoms with Gasteiger partial charge in [0.15, 0.2) is 0 Å². The molecule has 0 bridgehead atoms. The third-order valence-electron chi connectivity index (χ3n) is 8.41. The Balaban J connectivity index is 1.94. The van der Waals surface area contributed by atoms with E-state index in [9.17, 15) is 15.3 Å². The summed E-state index contributed by atoms with van der Waals surface area (Å²) in [6.07, 6.45) is 32.6. The molecule has 3 nitrogen and oxygen atoms in total. The Morgan fingerprint density at radius 3 is 2.00 bits per heavy atom. The molecule has 0 fully saturated rings. The number of hydrogen-bond acceptors (Lipinski definition) is 3. The van der Waals surface area contributed by atoms with Crippen LogP contribution in [0.25, 0.3) is 0 Å². The van der Waals surface area contributed by atoms with E-state index >= 15 is 0 Å². The molecular formula is C40H56O3. The summed E-state index contributed by atoms with van der Waals surface area (Å²) >= 11 is 0. The highest BCUT2D eigenvalue weighted by Gasteiger charge is 2.34. The van der Waals surface area contributed by atoms with Gasteiger partial charge in [-0.15, -0.1) is 0 Å². The lowest BCUT2D eigenvalue weighted by Gasteiger charge is -2.38. The van der Waals surface area contributed by atoms with Crippen LogP contribution < -0.4 is 0 Å². The summed E-state index contributed by atoms with van der Waals surface area (Å²) < 4.78 is 0. The van der Waals surface area contributed by atoms with Crippen molar-refractivity contribution in [3.8, 4) is 0 Å². The van der Waals surface area contributed by atoms with Crippen molar-refractivity contribution in [1.82, 2.24) is 0 Å². The SMILES string of the molecule is CC1=C[C@@H](O)CC(C)(C)[C@H]1/C=C/C(C)=C/C=C/C(=C/C=C/C=C(C)/C=C/C=C(C)/C=C/C1=C(C)C[C@H](O)CC1(C)C)CO. The summed E-state index contributed by atoms with van der Waals surface area (Å²) in [6.45, 7) is 19.3. The van der Waals surface area contributed by atoms with Crippen LogP contribution in [-0.4, -0.2) is 34.1 Å². The summed E-state index contributed by atoms with van der Waals surface area (Å²) in [4.78, 5) is 0. The van der Waals surface area contributed by atoms with Gasteiger partial charge in [0.1, 0.15) is 0 Å². The average Bonchev–Trinajstić information content (AvgIpc) is 2.87. The molecule has 2 aliphatic rings. The minimum absolute atomic E-state index is 0.0111. The molecule has 3 N–H and O–H groups in total. The van der Waals surface area contributed by atoms with E-state index in [1.165, 1.54) is 22.3 Å². The molecule has 0 aromatic rings. The lowest BCUT2D eigenvalue weighted by atomic mass is 9.67. The Bertz CT molecular complexity index is 1290. The quantitative estimate of drug-likeness (QED) is 0.167. The Labute approximate surface area is 262 Å². The van der Waals surface area contributed by atoms with Gasteiger partial charge in [-0.2, -0.15) is 0 Å². The van der Waals surface area contributed by atoms with Crippen LogP contribution in [0.3, 0.4) is 0 Å². The fourth-order valence-electron chi connectivity index (χ4n) is 6.19. The van der Waals surface area contributed by atoms with Gasteiger partial charge in [-0.1, -0.05) is 147 Å². The monoisotopic (exact) mass is 584 g/mol. The second kappa shape index (κ2) is 16.8. The lowest BCUT2D eigenvalue weighted by molar-refractivity contribution is 0.116. The molecule has 0 amide bonds. The highest BCUT2D eigenvalue weighted by molar-refractivity contribution is 5.38. The first-order valence-electron chi connectivity index (χ1n) is 15.6. The topological polar surface area (TPSA) is 60.7 Å². The standard InChI is InChI=1S/C40H56O3/c1-29(15-12-16-30(2)20-22-37-32(4)24-35(42)26-39(37,6)7)14-10-11-18-34(28-41)19-13-17-31(3)21-23-38-33(5)25-36(43)27-40(38,8)9/h10-23,25,35-36,38,41-43H,24,26-28H2,1-9H3/b11-10+,15-12+,19-13+,22-20+,23-21+,29-14+,30-16+,31-17+,34-18-/t35-,36+,38-/m0/s1. The van der Waals surface area contributed by atoms with Crippen LogP contribution in [-0.2, 0) is 0 Å². The molecule has 0 saturated carbocycles. The molecule has 0 aromatic heterocycles. The first kappa shape index (κ1) is 36.2. The van der Waals surface area contributed by atoms with Crippen molar-refractivity contribution < 1.29 is 15.3 Å². The van der Waals surface area contributed by atoms with E-state index < -0.39 is 0 Å². The molecule has 3 atom stereocenters. The summed E-state index contributed by atoms with van der Waals surface area (Å²) in [5.41, 5.74) is 8.10. The molecule has 2 rings (SSSR count). The minimum atomic E-state index is -0.355. The summed E-state index contributed by atoms with van der Waals surface area (Å²) in [5.74, 6) is 0.308. The zero-order valence-electron chi connectivity index (χ0n) is 28.1. The zero-order chi connectivity index (χ0) is 32.2. The summed E-state index contributed by atoms with van der Waals surface area (Å²) in [5, 5.41) is 29.9. The van der Waals surface area contributed by atoms with Crippen LogP contribution in [0.1, 0.15) is 81.6 Å². The van der Waals surface area contributed by atoms with E-state index in [4.69, 9.17) is 0 Å². The third kappa shape index (κ3) is 12.3. The highest BCUT2D eigenvalue weighted by Crippen LogP contribution is 2.42. The van der Waals surface area contributed by atoms with E-state index in [-0.39, 0.29) is 29.6 Å². The second-order valence-corrected chi connectivity index (χ2v) is 13.7. The van der Waals surface area contributed by atoms with Gasteiger partial charge in [-0.3, -0.25) is 0 Å². The Morgan fingerprint density at radius 2 is 1.37 bits per heavy atom. The van der Waals surface area contributed by atoms with Crippen molar-refractivity contribution in [2.75, 3.05) is 6.61 Å². The van der Waals surface area contributed by atoms with Crippen molar-refractivity contribution in [3.63, 3.8) is 0 Å². The van der Waals surface area contributed by atoms with E-state index in [0.29, 0.717) is 5.92 Å². The molecule has 0 radical (unpaired) electrons. The number of aliphatic hydroxyl groups excluding tert-OH is 3. The molecule has 0 aromatic carbocycles. The van der Waals surface area contributed by atoms with Gasteiger partial charge >= 0.3 is 0 Å². The fraction of sp³-hybridized carbons (Fsp3) is 0.450. The van der Waals surface area contributed by atoms with Gasteiger partial charge in [-0.25, -0.2) is 0 Å². The molecule has 234 valence electrons. The fourth-order valence-corrected chi connectivity index (χ4v) is 6.19. The van der Waals surface area contributed by atoms with Gasteiger partial charge in [0.2, 0.25) is 0 Å². The average molecular weight is 585 g/mol. The van der Waals surface area contributed by atoms with Gasteiger partial charge in [0, 0.05) is 5.92 Å². The molecule has 3 heteroatoms. The number of rotatable bonds is 11. The van der Waals surface area contributed by atoms with Crippen LogP contribution in [0.5, 0.6) is 0 Å². The molecule has 2 aliphatic carbocycles. The molecule has 0 heterocycles. The van der Waals surface area contributed by atoms with Crippen molar-refractivity contribution in [3.05, 3.63) is 130 Å². The normalized spacial score (nSPS) is 26.2. The Hall–Kier alpha value is -2.98. The van der Waals surface area contributed by atoms with E-state index in [0.717, 1.165) is 36.0 Å².